The molecule has 1 atom stereocenters. The molecule has 2 heterocycles. The Labute approximate surface area is 180 Å². The maximum Gasteiger partial charge on any atom is 0.257 e. The lowest BCUT2D eigenvalue weighted by Gasteiger charge is -2.35. The van der Waals surface area contributed by atoms with E-state index >= 15 is 0 Å². The van der Waals surface area contributed by atoms with Gasteiger partial charge in [-0.15, -0.1) is 0 Å². The van der Waals surface area contributed by atoms with Gasteiger partial charge in [-0.3, -0.25) is 9.69 Å². The van der Waals surface area contributed by atoms with Crippen LogP contribution < -0.4 is 0 Å². The molecular formula is C24H25FN2O4. The molecule has 1 saturated heterocycles. The number of phenolic OH excluding ortho intramolecular Hbond substituents is 1. The van der Waals surface area contributed by atoms with E-state index < -0.39 is 11.7 Å². The van der Waals surface area contributed by atoms with Crippen LogP contribution in [0.2, 0.25) is 0 Å². The predicted octanol–water partition coefficient (Wildman–Crippen LogP) is 3.67. The molecule has 4 rings (SSSR count). The molecule has 0 saturated carbocycles. The summed E-state index contributed by atoms with van der Waals surface area (Å²) < 4.78 is 25.6. The standard InChI is InChI=1S/C24H25FN2O4/c25-22-9-3-2-8-21(22)24(29)27(16-19-7-5-12-30-19)17-20-15-26(11-13-31-20)14-18-6-1-4-10-23(18)28/h1-10,12,20,28H,11,13-17H2. The number of para-hydroxylation sites is 1. The first-order valence-corrected chi connectivity index (χ1v) is 10.3. The first-order chi connectivity index (χ1) is 15.1. The minimum absolute atomic E-state index is 0.0240. The van der Waals surface area contributed by atoms with Crippen LogP contribution in [0.1, 0.15) is 21.7 Å². The average molecular weight is 424 g/mol. The van der Waals surface area contributed by atoms with E-state index in [0.717, 1.165) is 12.1 Å². The van der Waals surface area contributed by atoms with Crippen LogP contribution in [0.4, 0.5) is 4.39 Å². The molecule has 3 aromatic rings. The van der Waals surface area contributed by atoms with Crippen LogP contribution in [0, 0.1) is 5.82 Å². The van der Waals surface area contributed by atoms with Crippen molar-refractivity contribution < 1.29 is 23.4 Å². The first kappa shape index (κ1) is 21.1. The SMILES string of the molecule is O=C(c1ccccc1F)N(Cc1ccco1)CC1CN(Cc2ccccc2O)CCO1. The van der Waals surface area contributed by atoms with Crippen molar-refractivity contribution >= 4 is 5.91 Å². The van der Waals surface area contributed by atoms with Crippen LogP contribution in [0.5, 0.6) is 5.75 Å². The smallest absolute Gasteiger partial charge is 0.257 e. The summed E-state index contributed by atoms with van der Waals surface area (Å²) in [6.07, 6.45) is 1.30. The molecule has 0 bridgehead atoms. The zero-order valence-electron chi connectivity index (χ0n) is 17.1. The molecule has 1 aromatic heterocycles. The number of morpholine rings is 1. The summed E-state index contributed by atoms with van der Waals surface area (Å²) in [4.78, 5) is 16.9. The number of halogens is 1. The number of phenols is 1. The fourth-order valence-electron chi connectivity index (χ4n) is 3.78. The lowest BCUT2D eigenvalue weighted by molar-refractivity contribution is -0.0444. The Bertz CT molecular complexity index is 1010. The van der Waals surface area contributed by atoms with E-state index in [0.29, 0.717) is 32.0 Å². The number of furan rings is 1. The molecule has 1 amide bonds. The van der Waals surface area contributed by atoms with Gasteiger partial charge < -0.3 is 19.2 Å². The first-order valence-electron chi connectivity index (χ1n) is 10.3. The van der Waals surface area contributed by atoms with Gasteiger partial charge in [-0.05, 0) is 30.3 Å². The van der Waals surface area contributed by atoms with E-state index in [2.05, 4.69) is 4.90 Å². The Morgan fingerprint density at radius 2 is 1.94 bits per heavy atom. The Balaban J connectivity index is 1.47. The zero-order chi connectivity index (χ0) is 21.6. The molecule has 0 spiro atoms. The fourth-order valence-corrected chi connectivity index (χ4v) is 3.78. The number of hydrogen-bond acceptors (Lipinski definition) is 5. The minimum Gasteiger partial charge on any atom is -0.508 e. The second-order valence-electron chi connectivity index (χ2n) is 7.60. The minimum atomic E-state index is -0.553. The highest BCUT2D eigenvalue weighted by molar-refractivity contribution is 5.94. The summed E-state index contributed by atoms with van der Waals surface area (Å²) in [5, 5.41) is 10.1. The molecular weight excluding hydrogens is 399 g/mol. The van der Waals surface area contributed by atoms with Gasteiger partial charge in [-0.25, -0.2) is 4.39 Å². The van der Waals surface area contributed by atoms with Gasteiger partial charge in [0.15, 0.2) is 0 Å². The van der Waals surface area contributed by atoms with E-state index in [-0.39, 0.29) is 24.0 Å². The number of hydrogen-bond donors (Lipinski definition) is 1. The largest absolute Gasteiger partial charge is 0.508 e. The van der Waals surface area contributed by atoms with Crippen molar-refractivity contribution in [2.75, 3.05) is 26.2 Å². The molecule has 0 radical (unpaired) electrons. The number of ether oxygens (including phenoxy) is 1. The molecule has 0 aliphatic carbocycles. The van der Waals surface area contributed by atoms with E-state index in [1.54, 1.807) is 47.6 Å². The average Bonchev–Trinajstić information content (AvgIpc) is 3.28. The van der Waals surface area contributed by atoms with Crippen LogP contribution in [-0.2, 0) is 17.8 Å². The van der Waals surface area contributed by atoms with E-state index in [4.69, 9.17) is 9.15 Å². The number of carbonyl (C=O) groups is 1. The highest BCUT2D eigenvalue weighted by Gasteiger charge is 2.27. The van der Waals surface area contributed by atoms with Crippen molar-refractivity contribution in [2.45, 2.75) is 19.2 Å². The van der Waals surface area contributed by atoms with Gasteiger partial charge in [-0.2, -0.15) is 0 Å². The van der Waals surface area contributed by atoms with Crippen LogP contribution in [0.3, 0.4) is 0 Å². The second-order valence-corrected chi connectivity index (χ2v) is 7.60. The molecule has 6 nitrogen and oxygen atoms in total. The van der Waals surface area contributed by atoms with Crippen molar-refractivity contribution in [3.8, 4) is 5.75 Å². The Morgan fingerprint density at radius 1 is 1.13 bits per heavy atom. The van der Waals surface area contributed by atoms with Gasteiger partial charge in [0.05, 0.1) is 31.1 Å². The molecule has 1 N–H and O–H groups in total. The number of carbonyl (C=O) groups excluding carboxylic acids is 1. The quantitative estimate of drug-likeness (QED) is 0.627. The van der Waals surface area contributed by atoms with Gasteiger partial charge in [0.25, 0.3) is 5.91 Å². The monoisotopic (exact) mass is 424 g/mol. The predicted molar refractivity (Wildman–Crippen MR) is 113 cm³/mol. The Kier molecular flexibility index (Phi) is 6.64. The van der Waals surface area contributed by atoms with E-state index in [1.807, 2.05) is 12.1 Å². The second kappa shape index (κ2) is 9.76. The molecule has 1 aliphatic heterocycles. The van der Waals surface area contributed by atoms with Gasteiger partial charge in [0.2, 0.25) is 0 Å². The third kappa shape index (κ3) is 5.31. The van der Waals surface area contributed by atoms with Crippen LogP contribution >= 0.6 is 0 Å². The lowest BCUT2D eigenvalue weighted by atomic mass is 10.1. The van der Waals surface area contributed by atoms with Gasteiger partial charge >= 0.3 is 0 Å². The molecule has 1 aliphatic rings. The van der Waals surface area contributed by atoms with Gasteiger partial charge in [-0.1, -0.05) is 30.3 Å². The molecule has 2 aromatic carbocycles. The summed E-state index contributed by atoms with van der Waals surface area (Å²) in [6, 6.07) is 16.8. The van der Waals surface area contributed by atoms with Gasteiger partial charge in [0.1, 0.15) is 17.3 Å². The molecule has 31 heavy (non-hydrogen) atoms. The summed E-state index contributed by atoms with van der Waals surface area (Å²) in [5.74, 6) is -0.0788. The number of rotatable bonds is 7. The highest BCUT2D eigenvalue weighted by atomic mass is 19.1. The van der Waals surface area contributed by atoms with E-state index in [9.17, 15) is 14.3 Å². The van der Waals surface area contributed by atoms with Crippen molar-refractivity contribution in [1.82, 2.24) is 9.80 Å². The molecule has 7 heteroatoms. The summed E-state index contributed by atoms with van der Waals surface area (Å²) >= 11 is 0. The number of benzene rings is 2. The topological polar surface area (TPSA) is 66.2 Å². The number of nitrogens with zero attached hydrogens (tertiary/aromatic N) is 2. The Hall–Kier alpha value is -3.16. The maximum absolute atomic E-state index is 14.3. The number of aromatic hydroxyl groups is 1. The molecule has 1 unspecified atom stereocenters. The van der Waals surface area contributed by atoms with Crippen molar-refractivity contribution in [3.05, 3.63) is 89.6 Å². The van der Waals surface area contributed by atoms with Crippen molar-refractivity contribution in [3.63, 3.8) is 0 Å². The third-order valence-corrected chi connectivity index (χ3v) is 5.35. The molecule has 1 fully saturated rings. The fraction of sp³-hybridized carbons (Fsp3) is 0.292. The van der Waals surface area contributed by atoms with E-state index in [1.165, 1.54) is 12.1 Å². The normalized spacial score (nSPS) is 16.9. The van der Waals surface area contributed by atoms with Crippen molar-refractivity contribution in [2.24, 2.45) is 0 Å². The van der Waals surface area contributed by atoms with Crippen LogP contribution in [-0.4, -0.2) is 53.2 Å². The lowest BCUT2D eigenvalue weighted by Crippen LogP contribution is -2.48. The summed E-state index contributed by atoms with van der Waals surface area (Å²) in [6.45, 7) is 2.94. The summed E-state index contributed by atoms with van der Waals surface area (Å²) in [7, 11) is 0. The molecule has 162 valence electrons. The number of amides is 1. The Morgan fingerprint density at radius 3 is 2.71 bits per heavy atom. The van der Waals surface area contributed by atoms with Crippen LogP contribution in [0.25, 0.3) is 0 Å². The third-order valence-electron chi connectivity index (χ3n) is 5.35. The summed E-state index contributed by atoms with van der Waals surface area (Å²) in [5.41, 5.74) is 0.869. The van der Waals surface area contributed by atoms with Crippen LogP contribution in [0.15, 0.2) is 71.3 Å². The highest BCUT2D eigenvalue weighted by Crippen LogP contribution is 2.20. The zero-order valence-corrected chi connectivity index (χ0v) is 17.1. The van der Waals surface area contributed by atoms with Crippen molar-refractivity contribution in [1.29, 1.82) is 0 Å². The maximum atomic E-state index is 14.3. The van der Waals surface area contributed by atoms with Gasteiger partial charge in [0, 0.05) is 31.7 Å².